The summed E-state index contributed by atoms with van der Waals surface area (Å²) in [7, 11) is 2.20. The summed E-state index contributed by atoms with van der Waals surface area (Å²) in [5.41, 5.74) is 2.30. The van der Waals surface area contributed by atoms with Gasteiger partial charge in [0.2, 0.25) is 0 Å². The Hall–Kier alpha value is -1.26. The normalized spacial score (nSPS) is 20.2. The number of rotatable bonds is 9. The Labute approximate surface area is 211 Å². The second kappa shape index (κ2) is 13.4. The molecule has 182 valence electrons. The van der Waals surface area contributed by atoms with Crippen LogP contribution in [0.4, 0.5) is 0 Å². The lowest BCUT2D eigenvalue weighted by Crippen LogP contribution is -2.47. The molecule has 0 bridgehead atoms. The number of likely N-dealkylation sites (N-methyl/N-ethyl adjacent to an activating group) is 1. The second-order valence-electron chi connectivity index (χ2n) is 8.92. The Bertz CT molecular complexity index is 737. The van der Waals surface area contributed by atoms with Gasteiger partial charge in [0.1, 0.15) is 17.6 Å². The van der Waals surface area contributed by atoms with E-state index in [-0.39, 0.29) is 30.1 Å². The van der Waals surface area contributed by atoms with E-state index in [4.69, 9.17) is 14.5 Å². The summed E-state index contributed by atoms with van der Waals surface area (Å²) in [6, 6.07) is 4.23. The number of nitrogens with one attached hydrogen (secondary N) is 2. The van der Waals surface area contributed by atoms with Crippen LogP contribution in [0.3, 0.4) is 0 Å². The molecular weight excluding hydrogens is 517 g/mol. The van der Waals surface area contributed by atoms with Crippen LogP contribution in [0.15, 0.2) is 17.1 Å². The van der Waals surface area contributed by atoms with E-state index in [9.17, 15) is 0 Å². The Balaban J connectivity index is 0.00000363. The van der Waals surface area contributed by atoms with Gasteiger partial charge in [-0.2, -0.15) is 0 Å². The molecule has 1 aromatic rings. The molecule has 2 aliphatic heterocycles. The minimum absolute atomic E-state index is 0. The van der Waals surface area contributed by atoms with Crippen molar-refractivity contribution >= 4 is 29.9 Å². The van der Waals surface area contributed by atoms with Crippen molar-refractivity contribution in [2.45, 2.75) is 46.8 Å². The molecule has 7 nitrogen and oxygen atoms in total. The quantitative estimate of drug-likeness (QED) is 0.276. The molecule has 32 heavy (non-hydrogen) atoms. The Morgan fingerprint density at radius 1 is 1.22 bits per heavy atom. The van der Waals surface area contributed by atoms with Crippen molar-refractivity contribution in [2.24, 2.45) is 10.9 Å². The van der Waals surface area contributed by atoms with Gasteiger partial charge in [0, 0.05) is 63.4 Å². The third-order valence-corrected chi connectivity index (χ3v) is 5.91. The fourth-order valence-corrected chi connectivity index (χ4v) is 4.21. The van der Waals surface area contributed by atoms with Gasteiger partial charge < -0.3 is 29.9 Å². The molecule has 1 fully saturated rings. The molecular formula is C24H42IN5O2. The number of hydrogen-bond acceptors (Lipinski definition) is 5. The largest absolute Gasteiger partial charge is 0.494 e. The van der Waals surface area contributed by atoms with Crippen molar-refractivity contribution in [1.82, 2.24) is 20.4 Å². The van der Waals surface area contributed by atoms with Crippen LogP contribution in [-0.4, -0.2) is 81.3 Å². The smallest absolute Gasteiger partial charge is 0.191 e. The standard InChI is InChI=1S/C24H41N5O2.HI/c1-6-25-24(26-15-18(3)17-29-10-8-28(5)9-11-29)27-16-21-14-23-20(12-19(4)31-23)13-22(21)30-7-2;/h13-14,18-19H,6-12,15-17H2,1-5H3,(H2,25,26,27);1H. The van der Waals surface area contributed by atoms with E-state index in [2.05, 4.69) is 60.4 Å². The predicted molar refractivity (Wildman–Crippen MR) is 143 cm³/mol. The number of benzene rings is 1. The molecule has 2 heterocycles. The predicted octanol–water partition coefficient (Wildman–Crippen LogP) is 2.97. The fraction of sp³-hybridized carbons (Fsp3) is 0.708. The lowest BCUT2D eigenvalue weighted by Gasteiger charge is -2.34. The van der Waals surface area contributed by atoms with E-state index in [1.165, 1.54) is 5.56 Å². The average Bonchev–Trinajstić information content (AvgIpc) is 3.10. The summed E-state index contributed by atoms with van der Waals surface area (Å²) in [4.78, 5) is 9.80. The van der Waals surface area contributed by atoms with Crippen LogP contribution in [0, 0.1) is 5.92 Å². The lowest BCUT2D eigenvalue weighted by molar-refractivity contribution is 0.139. The Morgan fingerprint density at radius 3 is 2.66 bits per heavy atom. The molecule has 1 aromatic carbocycles. The van der Waals surface area contributed by atoms with Gasteiger partial charge in [-0.1, -0.05) is 6.92 Å². The monoisotopic (exact) mass is 559 g/mol. The fourth-order valence-electron chi connectivity index (χ4n) is 4.21. The summed E-state index contributed by atoms with van der Waals surface area (Å²) in [6.45, 7) is 17.2. The summed E-state index contributed by atoms with van der Waals surface area (Å²) in [6.07, 6.45) is 1.16. The van der Waals surface area contributed by atoms with E-state index >= 15 is 0 Å². The minimum atomic E-state index is 0. The molecule has 2 N–H and O–H groups in total. The van der Waals surface area contributed by atoms with Crippen LogP contribution in [0.25, 0.3) is 0 Å². The van der Waals surface area contributed by atoms with Crippen molar-refractivity contribution in [3.8, 4) is 11.5 Å². The molecule has 2 unspecified atom stereocenters. The van der Waals surface area contributed by atoms with Crippen LogP contribution in [-0.2, 0) is 13.0 Å². The summed E-state index contributed by atoms with van der Waals surface area (Å²) < 4.78 is 11.9. The van der Waals surface area contributed by atoms with Crippen molar-refractivity contribution < 1.29 is 9.47 Å². The van der Waals surface area contributed by atoms with Gasteiger partial charge in [-0.05, 0) is 45.9 Å². The van der Waals surface area contributed by atoms with E-state index in [1.54, 1.807) is 0 Å². The number of hydrogen-bond donors (Lipinski definition) is 2. The van der Waals surface area contributed by atoms with Crippen LogP contribution in [0.2, 0.25) is 0 Å². The van der Waals surface area contributed by atoms with Crippen LogP contribution >= 0.6 is 24.0 Å². The highest BCUT2D eigenvalue weighted by Gasteiger charge is 2.22. The van der Waals surface area contributed by atoms with E-state index in [0.29, 0.717) is 19.1 Å². The molecule has 0 amide bonds. The molecule has 2 atom stereocenters. The lowest BCUT2D eigenvalue weighted by atomic mass is 10.1. The molecule has 0 aliphatic carbocycles. The topological polar surface area (TPSA) is 61.4 Å². The SMILES string of the molecule is CCNC(=NCc1cc2c(cc1OCC)CC(C)O2)NCC(C)CN1CCN(C)CC1.I. The number of fused-ring (bicyclic) bond motifs is 1. The van der Waals surface area contributed by atoms with Gasteiger partial charge in [0.25, 0.3) is 0 Å². The molecule has 0 radical (unpaired) electrons. The van der Waals surface area contributed by atoms with Gasteiger partial charge in [-0.25, -0.2) is 4.99 Å². The first-order chi connectivity index (χ1) is 15.0. The first-order valence-electron chi connectivity index (χ1n) is 11.9. The zero-order chi connectivity index (χ0) is 22.2. The van der Waals surface area contributed by atoms with Crippen molar-refractivity contribution in [3.05, 3.63) is 23.3 Å². The number of halogens is 1. The van der Waals surface area contributed by atoms with Crippen molar-refractivity contribution in [1.29, 1.82) is 0 Å². The van der Waals surface area contributed by atoms with Crippen LogP contribution in [0.1, 0.15) is 38.8 Å². The Kier molecular flexibility index (Phi) is 11.3. The molecule has 1 saturated heterocycles. The number of aliphatic imine (C=N–C) groups is 1. The molecule has 0 spiro atoms. The van der Waals surface area contributed by atoms with Gasteiger partial charge in [0.05, 0.1) is 13.2 Å². The zero-order valence-corrected chi connectivity index (χ0v) is 22.8. The van der Waals surface area contributed by atoms with Gasteiger partial charge in [-0.3, -0.25) is 0 Å². The number of nitrogens with zero attached hydrogens (tertiary/aromatic N) is 3. The highest BCUT2D eigenvalue weighted by molar-refractivity contribution is 14.0. The summed E-state index contributed by atoms with van der Waals surface area (Å²) >= 11 is 0. The molecule has 2 aliphatic rings. The second-order valence-corrected chi connectivity index (χ2v) is 8.92. The first-order valence-corrected chi connectivity index (χ1v) is 11.9. The van der Waals surface area contributed by atoms with Crippen LogP contribution in [0.5, 0.6) is 11.5 Å². The number of ether oxygens (including phenoxy) is 2. The zero-order valence-electron chi connectivity index (χ0n) is 20.4. The summed E-state index contributed by atoms with van der Waals surface area (Å²) in [5, 5.41) is 6.90. The maximum atomic E-state index is 5.95. The maximum absolute atomic E-state index is 5.95. The van der Waals surface area contributed by atoms with Crippen molar-refractivity contribution in [3.63, 3.8) is 0 Å². The van der Waals surface area contributed by atoms with E-state index in [1.807, 2.05) is 6.92 Å². The molecule has 3 rings (SSSR count). The van der Waals surface area contributed by atoms with Gasteiger partial charge >= 0.3 is 0 Å². The number of piperazine rings is 1. The van der Waals surface area contributed by atoms with Gasteiger partial charge in [-0.15, -0.1) is 24.0 Å². The molecule has 8 heteroatoms. The maximum Gasteiger partial charge on any atom is 0.191 e. The molecule has 0 aromatic heterocycles. The van der Waals surface area contributed by atoms with E-state index < -0.39 is 0 Å². The van der Waals surface area contributed by atoms with Gasteiger partial charge in [0.15, 0.2) is 5.96 Å². The summed E-state index contributed by atoms with van der Waals surface area (Å²) in [5.74, 6) is 3.30. The Morgan fingerprint density at radius 2 is 1.97 bits per heavy atom. The van der Waals surface area contributed by atoms with E-state index in [0.717, 1.165) is 75.3 Å². The third kappa shape index (κ3) is 7.95. The van der Waals surface area contributed by atoms with Crippen molar-refractivity contribution in [2.75, 3.05) is 59.5 Å². The average molecular weight is 560 g/mol. The molecule has 0 saturated carbocycles. The first kappa shape index (κ1) is 27.0. The number of guanidine groups is 1. The van der Waals surface area contributed by atoms with Crippen LogP contribution < -0.4 is 20.1 Å². The highest BCUT2D eigenvalue weighted by atomic mass is 127. The minimum Gasteiger partial charge on any atom is -0.494 e. The highest BCUT2D eigenvalue weighted by Crippen LogP contribution is 2.35. The third-order valence-electron chi connectivity index (χ3n) is 5.91.